The van der Waals surface area contributed by atoms with E-state index < -0.39 is 0 Å². The van der Waals surface area contributed by atoms with E-state index in [4.69, 9.17) is 9.47 Å². The van der Waals surface area contributed by atoms with Crippen molar-refractivity contribution in [2.75, 3.05) is 6.61 Å². The van der Waals surface area contributed by atoms with Crippen molar-refractivity contribution in [3.8, 4) is 5.75 Å². The minimum absolute atomic E-state index is 0.268. The quantitative estimate of drug-likeness (QED) is 0.215. The van der Waals surface area contributed by atoms with Gasteiger partial charge in [0, 0.05) is 0 Å². The Morgan fingerprint density at radius 2 is 1.29 bits per heavy atom. The fourth-order valence-corrected chi connectivity index (χ4v) is 3.79. The van der Waals surface area contributed by atoms with Crippen LogP contribution in [0.3, 0.4) is 0 Å². The second-order valence-electron chi connectivity index (χ2n) is 8.63. The molecule has 0 aliphatic rings. The molecule has 0 unspecified atom stereocenters. The number of rotatable bonds is 15. The Balaban J connectivity index is 1.57. The Kier molecular flexibility index (Phi) is 11.8. The molecule has 2 aromatic carbocycles. The molecule has 2 rings (SSSR count). The lowest BCUT2D eigenvalue weighted by molar-refractivity contribution is 0.0472. The average Bonchev–Trinajstić information content (AvgIpc) is 2.76. The zero-order chi connectivity index (χ0) is 22.3. The normalized spacial score (nSPS) is 10.8. The van der Waals surface area contributed by atoms with Crippen molar-refractivity contribution < 1.29 is 14.3 Å². The van der Waals surface area contributed by atoms with Gasteiger partial charge in [-0.3, -0.25) is 0 Å². The summed E-state index contributed by atoms with van der Waals surface area (Å²) in [6.07, 6.45) is 13.3. The molecule has 0 heterocycles. The van der Waals surface area contributed by atoms with Crippen LogP contribution in [0.15, 0.2) is 42.5 Å². The van der Waals surface area contributed by atoms with Crippen LogP contribution in [0.4, 0.5) is 0 Å². The van der Waals surface area contributed by atoms with E-state index in [-0.39, 0.29) is 12.6 Å². The number of unbranched alkanes of at least 4 members (excludes halogenated alkanes) is 9. The fourth-order valence-electron chi connectivity index (χ4n) is 3.79. The van der Waals surface area contributed by atoms with E-state index in [1.165, 1.54) is 57.8 Å². The molecule has 31 heavy (non-hydrogen) atoms. The maximum atomic E-state index is 12.3. The van der Waals surface area contributed by atoms with Crippen LogP contribution in [0.25, 0.3) is 0 Å². The van der Waals surface area contributed by atoms with Gasteiger partial charge in [0.1, 0.15) is 12.4 Å². The van der Waals surface area contributed by atoms with Crippen LogP contribution in [0.5, 0.6) is 5.75 Å². The van der Waals surface area contributed by atoms with Crippen LogP contribution in [0.1, 0.15) is 98.2 Å². The van der Waals surface area contributed by atoms with Gasteiger partial charge in [0.2, 0.25) is 0 Å². The van der Waals surface area contributed by atoms with Gasteiger partial charge in [0.15, 0.2) is 0 Å². The highest BCUT2D eigenvalue weighted by molar-refractivity contribution is 5.89. The molecule has 0 aliphatic heterocycles. The lowest BCUT2D eigenvalue weighted by Crippen LogP contribution is -2.06. The molecule has 0 aliphatic carbocycles. The Morgan fingerprint density at radius 3 is 1.87 bits per heavy atom. The van der Waals surface area contributed by atoms with Crippen molar-refractivity contribution in [1.82, 2.24) is 0 Å². The minimum atomic E-state index is -0.284. The maximum Gasteiger partial charge on any atom is 0.338 e. The maximum absolute atomic E-state index is 12.3. The zero-order valence-corrected chi connectivity index (χ0v) is 19.8. The summed E-state index contributed by atoms with van der Waals surface area (Å²) in [6.45, 7) is 7.26. The summed E-state index contributed by atoms with van der Waals surface area (Å²) < 4.78 is 11.3. The van der Waals surface area contributed by atoms with Gasteiger partial charge in [-0.25, -0.2) is 4.79 Å². The van der Waals surface area contributed by atoms with Gasteiger partial charge in [-0.1, -0.05) is 94.0 Å². The second kappa shape index (κ2) is 14.7. The van der Waals surface area contributed by atoms with E-state index >= 15 is 0 Å². The lowest BCUT2D eigenvalue weighted by atomic mass is 10.1. The van der Waals surface area contributed by atoms with Crippen LogP contribution in [0, 0.1) is 13.8 Å². The first-order valence-electron chi connectivity index (χ1n) is 12.1. The topological polar surface area (TPSA) is 35.5 Å². The molecule has 0 aromatic heterocycles. The first-order chi connectivity index (χ1) is 15.1. The molecule has 0 N–H and O–H groups in total. The van der Waals surface area contributed by atoms with Gasteiger partial charge < -0.3 is 9.47 Å². The number of carbonyl (C=O) groups is 1. The summed E-state index contributed by atoms with van der Waals surface area (Å²) in [7, 11) is 0. The van der Waals surface area contributed by atoms with E-state index in [1.807, 2.05) is 56.3 Å². The summed E-state index contributed by atoms with van der Waals surface area (Å²) in [5.74, 6) is 0.591. The molecule has 0 spiro atoms. The monoisotopic (exact) mass is 424 g/mol. The number of carbonyl (C=O) groups excluding carboxylic acids is 1. The summed E-state index contributed by atoms with van der Waals surface area (Å²) in [5.41, 5.74) is 3.70. The van der Waals surface area contributed by atoms with Gasteiger partial charge in [-0.15, -0.1) is 0 Å². The first kappa shape index (κ1) is 25.0. The molecule has 170 valence electrons. The summed E-state index contributed by atoms with van der Waals surface area (Å²) in [4.78, 5) is 12.3. The largest absolute Gasteiger partial charge is 0.494 e. The molecular formula is C28H40O3. The molecule has 3 heteroatoms. The smallest absolute Gasteiger partial charge is 0.338 e. The molecule has 0 radical (unpaired) electrons. The predicted octanol–water partition coefficient (Wildman–Crippen LogP) is 7.96. The van der Waals surface area contributed by atoms with Crippen molar-refractivity contribution in [3.05, 3.63) is 64.7 Å². The molecule has 0 saturated heterocycles. The summed E-state index contributed by atoms with van der Waals surface area (Å²) in [6, 6.07) is 13.6. The van der Waals surface area contributed by atoms with E-state index in [1.54, 1.807) is 0 Å². The van der Waals surface area contributed by atoms with Crippen molar-refractivity contribution in [2.24, 2.45) is 0 Å². The summed E-state index contributed by atoms with van der Waals surface area (Å²) in [5, 5.41) is 0. The van der Waals surface area contributed by atoms with Gasteiger partial charge in [0.05, 0.1) is 12.2 Å². The molecule has 0 bridgehead atoms. The van der Waals surface area contributed by atoms with Crippen molar-refractivity contribution in [2.45, 2.75) is 91.6 Å². The SMILES string of the molecule is CCCCCCCCCCCCOc1ccc(COC(=O)c2cc(C)cc(C)c2)cc1. The van der Waals surface area contributed by atoms with Crippen LogP contribution in [0.2, 0.25) is 0 Å². The standard InChI is InChI=1S/C28H40O3/c1-4-5-6-7-8-9-10-11-12-13-18-30-27-16-14-25(15-17-27)22-31-28(29)26-20-23(2)19-24(3)21-26/h14-17,19-21H,4-13,18,22H2,1-3H3. The predicted molar refractivity (Wildman–Crippen MR) is 129 cm³/mol. The van der Waals surface area contributed by atoms with Crippen molar-refractivity contribution in [3.63, 3.8) is 0 Å². The molecule has 0 amide bonds. The van der Waals surface area contributed by atoms with Gasteiger partial charge in [-0.2, -0.15) is 0 Å². The average molecular weight is 425 g/mol. The van der Waals surface area contributed by atoms with E-state index in [9.17, 15) is 4.79 Å². The Morgan fingerprint density at radius 1 is 0.742 bits per heavy atom. The summed E-state index contributed by atoms with van der Waals surface area (Å²) >= 11 is 0. The highest BCUT2D eigenvalue weighted by Gasteiger charge is 2.08. The number of hydrogen-bond acceptors (Lipinski definition) is 3. The highest BCUT2D eigenvalue weighted by Crippen LogP contribution is 2.16. The van der Waals surface area contributed by atoms with Crippen LogP contribution >= 0.6 is 0 Å². The van der Waals surface area contributed by atoms with E-state index in [0.29, 0.717) is 5.56 Å². The van der Waals surface area contributed by atoms with Gasteiger partial charge in [-0.05, 0) is 50.1 Å². The number of esters is 1. The third kappa shape index (κ3) is 10.5. The van der Waals surface area contributed by atoms with Gasteiger partial charge >= 0.3 is 5.97 Å². The Labute approximate surface area is 189 Å². The number of hydrogen-bond donors (Lipinski definition) is 0. The third-order valence-corrected chi connectivity index (χ3v) is 5.52. The second-order valence-corrected chi connectivity index (χ2v) is 8.63. The lowest BCUT2D eigenvalue weighted by Gasteiger charge is -2.09. The first-order valence-corrected chi connectivity index (χ1v) is 12.1. The molecule has 3 nitrogen and oxygen atoms in total. The van der Waals surface area contributed by atoms with E-state index in [2.05, 4.69) is 6.92 Å². The Hall–Kier alpha value is -2.29. The molecule has 0 fully saturated rings. The molecular weight excluding hydrogens is 384 g/mol. The number of benzene rings is 2. The minimum Gasteiger partial charge on any atom is -0.494 e. The Bertz CT molecular complexity index is 744. The van der Waals surface area contributed by atoms with Gasteiger partial charge in [0.25, 0.3) is 0 Å². The van der Waals surface area contributed by atoms with Crippen molar-refractivity contribution >= 4 is 5.97 Å². The zero-order valence-electron chi connectivity index (χ0n) is 19.8. The highest BCUT2D eigenvalue weighted by atomic mass is 16.5. The fraction of sp³-hybridized carbons (Fsp3) is 0.536. The third-order valence-electron chi connectivity index (χ3n) is 5.52. The molecule has 0 saturated carbocycles. The number of ether oxygens (including phenoxy) is 2. The van der Waals surface area contributed by atoms with Crippen LogP contribution < -0.4 is 4.74 Å². The van der Waals surface area contributed by atoms with E-state index in [0.717, 1.165) is 35.5 Å². The van der Waals surface area contributed by atoms with Crippen LogP contribution in [-0.4, -0.2) is 12.6 Å². The van der Waals surface area contributed by atoms with Crippen molar-refractivity contribution in [1.29, 1.82) is 0 Å². The molecule has 0 atom stereocenters. The number of aryl methyl sites for hydroxylation is 2. The van der Waals surface area contributed by atoms with Crippen LogP contribution in [-0.2, 0) is 11.3 Å². The molecule has 2 aromatic rings.